The van der Waals surface area contributed by atoms with Gasteiger partial charge < -0.3 is 14.8 Å². The second-order valence-corrected chi connectivity index (χ2v) is 4.42. The molecule has 1 N–H and O–H groups in total. The van der Waals surface area contributed by atoms with Crippen molar-refractivity contribution in [2.24, 2.45) is 0 Å². The zero-order chi connectivity index (χ0) is 13.4. The Labute approximate surface area is 110 Å². The van der Waals surface area contributed by atoms with Gasteiger partial charge in [0.1, 0.15) is 0 Å². The number of nitrogens with one attached hydrogen (secondary N) is 1. The van der Waals surface area contributed by atoms with Crippen LogP contribution in [0.4, 0.5) is 0 Å². The van der Waals surface area contributed by atoms with Crippen LogP contribution in [0, 0.1) is 0 Å². The van der Waals surface area contributed by atoms with Gasteiger partial charge in [-0.25, -0.2) is 0 Å². The van der Waals surface area contributed by atoms with Crippen LogP contribution < -0.4 is 14.8 Å². The number of hydrogen-bond acceptors (Lipinski definition) is 4. The van der Waals surface area contributed by atoms with Gasteiger partial charge in [0.05, 0.1) is 19.9 Å². The third-order valence-electron chi connectivity index (χ3n) is 2.97. The molecule has 0 aliphatic carbocycles. The highest BCUT2D eigenvalue weighted by Crippen LogP contribution is 2.28. The fourth-order valence-electron chi connectivity index (χ4n) is 1.86. The fraction of sp³-hybridized carbons (Fsp3) is 0.643. The minimum Gasteiger partial charge on any atom is -0.493 e. The van der Waals surface area contributed by atoms with Crippen LogP contribution in [0.5, 0.6) is 11.5 Å². The molecule has 1 rings (SSSR count). The van der Waals surface area contributed by atoms with Crippen molar-refractivity contribution in [2.45, 2.75) is 45.7 Å². The van der Waals surface area contributed by atoms with Crippen molar-refractivity contribution in [3.8, 4) is 11.5 Å². The van der Waals surface area contributed by atoms with Crippen molar-refractivity contribution in [3.05, 3.63) is 18.0 Å². The van der Waals surface area contributed by atoms with E-state index in [1.54, 1.807) is 20.4 Å². The number of aromatic nitrogens is 1. The minimum atomic E-state index is 0.489. The summed E-state index contributed by atoms with van der Waals surface area (Å²) in [7, 11) is 3.28. The Bertz CT molecular complexity index is 356. The molecule has 0 aromatic carbocycles. The van der Waals surface area contributed by atoms with Crippen molar-refractivity contribution in [1.82, 2.24) is 10.3 Å². The highest BCUT2D eigenvalue weighted by atomic mass is 16.5. The van der Waals surface area contributed by atoms with Gasteiger partial charge in [0.2, 0.25) is 0 Å². The molecule has 0 bridgehead atoms. The molecule has 0 radical (unpaired) electrons. The van der Waals surface area contributed by atoms with Gasteiger partial charge in [-0.15, -0.1) is 0 Å². The summed E-state index contributed by atoms with van der Waals surface area (Å²) < 4.78 is 10.6. The zero-order valence-corrected chi connectivity index (χ0v) is 11.8. The number of rotatable bonds is 8. The highest BCUT2D eigenvalue weighted by Gasteiger charge is 2.11. The Balaban J connectivity index is 2.61. The first kappa shape index (κ1) is 14.8. The first-order chi connectivity index (χ1) is 8.72. The monoisotopic (exact) mass is 252 g/mol. The Morgan fingerprint density at radius 1 is 1.33 bits per heavy atom. The summed E-state index contributed by atoms with van der Waals surface area (Å²) in [5, 5.41) is 3.46. The van der Waals surface area contributed by atoms with Crippen LogP contribution in [0.3, 0.4) is 0 Å². The van der Waals surface area contributed by atoms with Crippen LogP contribution in [-0.2, 0) is 6.54 Å². The molecule has 0 saturated carbocycles. The van der Waals surface area contributed by atoms with Crippen molar-refractivity contribution < 1.29 is 9.47 Å². The third kappa shape index (κ3) is 4.18. The van der Waals surface area contributed by atoms with Crippen LogP contribution in [0.25, 0.3) is 0 Å². The number of ether oxygens (including phenoxy) is 2. The second kappa shape index (κ2) is 7.93. The van der Waals surface area contributed by atoms with Gasteiger partial charge in [-0.3, -0.25) is 4.98 Å². The maximum atomic E-state index is 5.35. The molecular weight excluding hydrogens is 228 g/mol. The lowest BCUT2D eigenvalue weighted by Gasteiger charge is -2.15. The number of unbranched alkanes of at least 4 members (excludes halogenated alkanes) is 1. The highest BCUT2D eigenvalue weighted by molar-refractivity contribution is 5.42. The molecule has 1 aromatic rings. The van der Waals surface area contributed by atoms with E-state index >= 15 is 0 Å². The van der Waals surface area contributed by atoms with E-state index in [0.29, 0.717) is 12.6 Å². The van der Waals surface area contributed by atoms with Crippen molar-refractivity contribution in [3.63, 3.8) is 0 Å². The Hall–Kier alpha value is -1.29. The van der Waals surface area contributed by atoms with E-state index in [-0.39, 0.29) is 0 Å². The molecule has 0 fully saturated rings. The molecular formula is C14H24N2O2. The first-order valence-electron chi connectivity index (χ1n) is 6.52. The van der Waals surface area contributed by atoms with E-state index in [2.05, 4.69) is 24.1 Å². The summed E-state index contributed by atoms with van der Waals surface area (Å²) >= 11 is 0. The smallest absolute Gasteiger partial charge is 0.183 e. The third-order valence-corrected chi connectivity index (χ3v) is 2.97. The lowest BCUT2D eigenvalue weighted by atomic mass is 10.1. The lowest BCUT2D eigenvalue weighted by Crippen LogP contribution is -2.26. The van der Waals surface area contributed by atoms with E-state index in [0.717, 1.165) is 17.2 Å². The van der Waals surface area contributed by atoms with Gasteiger partial charge in [-0.05, 0) is 13.3 Å². The number of methoxy groups -OCH3 is 2. The van der Waals surface area contributed by atoms with E-state index in [1.165, 1.54) is 19.3 Å². The van der Waals surface area contributed by atoms with Gasteiger partial charge in [0.25, 0.3) is 0 Å². The summed E-state index contributed by atoms with van der Waals surface area (Å²) in [5.41, 5.74) is 0.889. The molecule has 1 atom stereocenters. The summed E-state index contributed by atoms with van der Waals surface area (Å²) in [6.07, 6.45) is 5.40. The van der Waals surface area contributed by atoms with Crippen LogP contribution in [-0.4, -0.2) is 25.2 Å². The normalized spacial score (nSPS) is 12.2. The summed E-state index contributed by atoms with van der Waals surface area (Å²) in [6, 6.07) is 2.30. The van der Waals surface area contributed by atoms with Crippen LogP contribution >= 0.6 is 0 Å². The average Bonchev–Trinajstić information content (AvgIpc) is 2.41. The number of hydrogen-bond donors (Lipinski definition) is 1. The molecule has 102 valence electrons. The largest absolute Gasteiger partial charge is 0.493 e. The zero-order valence-electron chi connectivity index (χ0n) is 11.8. The maximum absolute atomic E-state index is 5.35. The molecule has 1 unspecified atom stereocenters. The predicted octanol–water partition coefficient (Wildman–Crippen LogP) is 2.77. The summed E-state index contributed by atoms with van der Waals surface area (Å²) in [4.78, 5) is 4.34. The molecule has 1 heterocycles. The van der Waals surface area contributed by atoms with Gasteiger partial charge >= 0.3 is 0 Å². The molecule has 1 aromatic heterocycles. The molecule has 4 nitrogen and oxygen atoms in total. The standard InChI is InChI=1S/C14H24N2O2/c1-5-6-7-11(2)16-10-12-14(18-4)13(17-3)8-9-15-12/h8-9,11,16H,5-7,10H2,1-4H3. The predicted molar refractivity (Wildman–Crippen MR) is 73.2 cm³/mol. The van der Waals surface area contributed by atoms with Crippen LogP contribution in [0.15, 0.2) is 12.3 Å². The number of pyridine rings is 1. The molecule has 4 heteroatoms. The topological polar surface area (TPSA) is 43.4 Å². The van der Waals surface area contributed by atoms with E-state index < -0.39 is 0 Å². The first-order valence-corrected chi connectivity index (χ1v) is 6.52. The van der Waals surface area contributed by atoms with Gasteiger partial charge in [-0.2, -0.15) is 0 Å². The summed E-state index contributed by atoms with van der Waals surface area (Å²) in [5.74, 6) is 1.45. The van der Waals surface area contributed by atoms with Gasteiger partial charge in [0, 0.05) is 24.8 Å². The van der Waals surface area contributed by atoms with Gasteiger partial charge in [-0.1, -0.05) is 19.8 Å². The SMILES string of the molecule is CCCCC(C)NCc1nccc(OC)c1OC. The van der Waals surface area contributed by atoms with E-state index in [1.807, 2.05) is 6.07 Å². The molecule has 0 aliphatic rings. The van der Waals surface area contributed by atoms with Crippen LogP contribution in [0.1, 0.15) is 38.8 Å². The Morgan fingerprint density at radius 3 is 2.72 bits per heavy atom. The van der Waals surface area contributed by atoms with Gasteiger partial charge in [0.15, 0.2) is 11.5 Å². The molecule has 0 amide bonds. The lowest BCUT2D eigenvalue weighted by molar-refractivity contribution is 0.346. The molecule has 0 aliphatic heterocycles. The molecule has 0 saturated heterocycles. The van der Waals surface area contributed by atoms with Crippen molar-refractivity contribution in [2.75, 3.05) is 14.2 Å². The van der Waals surface area contributed by atoms with E-state index in [4.69, 9.17) is 9.47 Å². The van der Waals surface area contributed by atoms with Crippen molar-refractivity contribution >= 4 is 0 Å². The summed E-state index contributed by atoms with van der Waals surface area (Å²) in [6.45, 7) is 5.10. The minimum absolute atomic E-state index is 0.489. The van der Waals surface area contributed by atoms with Crippen LogP contribution in [0.2, 0.25) is 0 Å². The Morgan fingerprint density at radius 2 is 2.11 bits per heavy atom. The fourth-order valence-corrected chi connectivity index (χ4v) is 1.86. The molecule has 18 heavy (non-hydrogen) atoms. The molecule has 0 spiro atoms. The second-order valence-electron chi connectivity index (χ2n) is 4.42. The number of nitrogens with zero attached hydrogens (tertiary/aromatic N) is 1. The van der Waals surface area contributed by atoms with E-state index in [9.17, 15) is 0 Å². The Kier molecular flexibility index (Phi) is 6.50. The maximum Gasteiger partial charge on any atom is 0.183 e. The van der Waals surface area contributed by atoms with Crippen molar-refractivity contribution in [1.29, 1.82) is 0 Å². The average molecular weight is 252 g/mol. The quantitative estimate of drug-likeness (QED) is 0.772.